The molecule has 0 saturated heterocycles. The number of cyclic esters (lactones) is 1. The van der Waals surface area contributed by atoms with Gasteiger partial charge >= 0.3 is 11.9 Å². The number of esters is 2. The Bertz CT molecular complexity index is 1330. The number of nitrogens with zero attached hydrogens (tertiary/aromatic N) is 1. The second-order valence-corrected chi connectivity index (χ2v) is 7.55. The number of carbonyl (C=O) groups excluding carboxylic acids is 2. The Balaban J connectivity index is 1.64. The zero-order valence-electron chi connectivity index (χ0n) is 19.7. The van der Waals surface area contributed by atoms with E-state index in [0.717, 1.165) is 5.56 Å². The van der Waals surface area contributed by atoms with Crippen LogP contribution in [0, 0.1) is 6.92 Å². The number of hydrogen-bond donors (Lipinski definition) is 0. The zero-order valence-corrected chi connectivity index (χ0v) is 19.7. The highest BCUT2D eigenvalue weighted by Gasteiger charge is 2.25. The number of benzene rings is 3. The third-order valence-corrected chi connectivity index (χ3v) is 5.20. The Labute approximate surface area is 202 Å². The van der Waals surface area contributed by atoms with Gasteiger partial charge in [0.05, 0.1) is 26.9 Å². The molecule has 0 aliphatic carbocycles. The Kier molecular flexibility index (Phi) is 6.82. The highest BCUT2D eigenvalue weighted by atomic mass is 16.6. The Morgan fingerprint density at radius 2 is 1.60 bits per heavy atom. The van der Waals surface area contributed by atoms with Gasteiger partial charge in [0, 0.05) is 11.1 Å². The first-order chi connectivity index (χ1) is 16.9. The van der Waals surface area contributed by atoms with E-state index < -0.39 is 11.9 Å². The van der Waals surface area contributed by atoms with Gasteiger partial charge < -0.3 is 23.7 Å². The van der Waals surface area contributed by atoms with Gasteiger partial charge in [-0.3, -0.25) is 0 Å². The third kappa shape index (κ3) is 5.01. The minimum atomic E-state index is -0.645. The number of rotatable bonds is 7. The molecule has 0 radical (unpaired) electrons. The van der Waals surface area contributed by atoms with Crippen LogP contribution >= 0.6 is 0 Å². The van der Waals surface area contributed by atoms with Gasteiger partial charge in [0.1, 0.15) is 5.75 Å². The monoisotopic (exact) mass is 473 g/mol. The Morgan fingerprint density at radius 1 is 0.886 bits per heavy atom. The molecule has 3 aromatic rings. The van der Waals surface area contributed by atoms with Crippen LogP contribution in [-0.4, -0.2) is 39.2 Å². The molecule has 0 spiro atoms. The van der Waals surface area contributed by atoms with E-state index in [4.69, 9.17) is 23.7 Å². The fourth-order valence-corrected chi connectivity index (χ4v) is 3.51. The second-order valence-electron chi connectivity index (χ2n) is 7.55. The molecule has 3 aromatic carbocycles. The molecule has 0 saturated carbocycles. The lowest BCUT2D eigenvalue weighted by molar-refractivity contribution is -0.129. The van der Waals surface area contributed by atoms with Crippen LogP contribution in [0.25, 0.3) is 6.08 Å². The summed E-state index contributed by atoms with van der Waals surface area (Å²) in [7, 11) is 4.39. The number of aryl methyl sites for hydroxylation is 1. The van der Waals surface area contributed by atoms with Crippen molar-refractivity contribution in [2.24, 2.45) is 4.99 Å². The molecule has 1 heterocycles. The van der Waals surface area contributed by atoms with Gasteiger partial charge in [-0.1, -0.05) is 35.9 Å². The van der Waals surface area contributed by atoms with Crippen molar-refractivity contribution in [1.82, 2.24) is 0 Å². The quantitative estimate of drug-likeness (QED) is 0.282. The van der Waals surface area contributed by atoms with E-state index in [2.05, 4.69) is 4.99 Å². The number of carbonyl (C=O) groups is 2. The molecule has 35 heavy (non-hydrogen) atoms. The second kappa shape index (κ2) is 10.1. The molecule has 0 fully saturated rings. The zero-order chi connectivity index (χ0) is 24.9. The predicted molar refractivity (Wildman–Crippen MR) is 129 cm³/mol. The van der Waals surface area contributed by atoms with Crippen LogP contribution in [0.15, 0.2) is 71.4 Å². The predicted octanol–water partition coefficient (Wildman–Crippen LogP) is 4.58. The summed E-state index contributed by atoms with van der Waals surface area (Å²) >= 11 is 0. The van der Waals surface area contributed by atoms with Crippen molar-refractivity contribution in [2.75, 3.05) is 21.3 Å². The van der Waals surface area contributed by atoms with Crippen molar-refractivity contribution in [2.45, 2.75) is 6.92 Å². The normalized spacial score (nSPS) is 13.8. The molecule has 178 valence electrons. The van der Waals surface area contributed by atoms with Crippen molar-refractivity contribution in [1.29, 1.82) is 0 Å². The summed E-state index contributed by atoms with van der Waals surface area (Å²) in [6.45, 7) is 1.94. The summed E-state index contributed by atoms with van der Waals surface area (Å²) in [6, 6.07) is 17.3. The van der Waals surface area contributed by atoms with E-state index in [1.54, 1.807) is 24.3 Å². The van der Waals surface area contributed by atoms with Gasteiger partial charge in [-0.15, -0.1) is 0 Å². The molecule has 0 bridgehead atoms. The Morgan fingerprint density at radius 3 is 2.26 bits per heavy atom. The minimum absolute atomic E-state index is 0.0952. The average Bonchev–Trinajstić information content (AvgIpc) is 3.24. The van der Waals surface area contributed by atoms with Gasteiger partial charge in [-0.25, -0.2) is 14.6 Å². The fourth-order valence-electron chi connectivity index (χ4n) is 3.51. The molecule has 1 aliphatic heterocycles. The number of aliphatic imine (C=N–C) groups is 1. The summed E-state index contributed by atoms with van der Waals surface area (Å²) in [5, 5.41) is 0. The molecule has 1 aliphatic rings. The van der Waals surface area contributed by atoms with Crippen LogP contribution < -0.4 is 18.9 Å². The summed E-state index contributed by atoms with van der Waals surface area (Å²) in [4.78, 5) is 29.7. The smallest absolute Gasteiger partial charge is 0.363 e. The lowest BCUT2D eigenvalue weighted by Crippen LogP contribution is -2.10. The molecule has 0 N–H and O–H groups in total. The van der Waals surface area contributed by atoms with E-state index in [1.165, 1.54) is 39.5 Å². The summed E-state index contributed by atoms with van der Waals surface area (Å²) in [5.74, 6) is 0.225. The highest BCUT2D eigenvalue weighted by Crippen LogP contribution is 2.38. The van der Waals surface area contributed by atoms with E-state index >= 15 is 0 Å². The molecule has 0 aromatic heterocycles. The number of para-hydroxylation sites is 1. The van der Waals surface area contributed by atoms with Gasteiger partial charge in [0.2, 0.25) is 11.6 Å². The van der Waals surface area contributed by atoms with Crippen molar-refractivity contribution in [3.63, 3.8) is 0 Å². The lowest BCUT2D eigenvalue weighted by atomic mass is 10.1. The molecule has 8 nitrogen and oxygen atoms in total. The fraction of sp³-hybridized carbons (Fsp3) is 0.148. The van der Waals surface area contributed by atoms with Crippen LogP contribution in [-0.2, 0) is 9.53 Å². The molecule has 8 heteroatoms. The largest absolute Gasteiger partial charge is 0.493 e. The number of methoxy groups -OCH3 is 3. The maximum Gasteiger partial charge on any atom is 0.363 e. The highest BCUT2D eigenvalue weighted by molar-refractivity contribution is 6.13. The van der Waals surface area contributed by atoms with Crippen LogP contribution in [0.5, 0.6) is 23.0 Å². The first kappa shape index (κ1) is 23.6. The van der Waals surface area contributed by atoms with Crippen molar-refractivity contribution in [3.05, 3.63) is 88.6 Å². The van der Waals surface area contributed by atoms with Crippen molar-refractivity contribution in [3.8, 4) is 23.0 Å². The van der Waals surface area contributed by atoms with E-state index in [9.17, 15) is 9.59 Å². The topological polar surface area (TPSA) is 92.7 Å². The van der Waals surface area contributed by atoms with Crippen LogP contribution in [0.1, 0.15) is 27.0 Å². The third-order valence-electron chi connectivity index (χ3n) is 5.20. The van der Waals surface area contributed by atoms with E-state index in [0.29, 0.717) is 28.4 Å². The Hall–Kier alpha value is -4.59. The summed E-state index contributed by atoms with van der Waals surface area (Å²) in [6.07, 6.45) is 1.52. The first-order valence-corrected chi connectivity index (χ1v) is 10.6. The summed E-state index contributed by atoms with van der Waals surface area (Å²) in [5.41, 5.74) is 2.49. The first-order valence-electron chi connectivity index (χ1n) is 10.6. The average molecular weight is 473 g/mol. The maximum absolute atomic E-state index is 13.0. The molecule has 4 rings (SSSR count). The van der Waals surface area contributed by atoms with Crippen molar-refractivity contribution >= 4 is 23.9 Å². The van der Waals surface area contributed by atoms with Crippen molar-refractivity contribution < 1.29 is 33.3 Å². The molecule has 0 amide bonds. The SMILES string of the molecule is COc1cc(C(=O)Oc2ccccc2C=C2N=C(c3cccc(C)c3)OC2=O)cc(OC)c1OC. The van der Waals surface area contributed by atoms with Crippen LogP contribution in [0.2, 0.25) is 0 Å². The minimum Gasteiger partial charge on any atom is -0.493 e. The number of hydrogen-bond acceptors (Lipinski definition) is 8. The molecule has 0 unspecified atom stereocenters. The van der Waals surface area contributed by atoms with E-state index in [1.807, 2.05) is 31.2 Å². The number of ether oxygens (including phenoxy) is 5. The van der Waals surface area contributed by atoms with Gasteiger partial charge in [-0.05, 0) is 43.3 Å². The molecular weight excluding hydrogens is 450 g/mol. The standard InChI is InChI=1S/C27H23NO7/c1-16-8-7-10-18(12-16)25-28-20(27(30)35-25)13-17-9-5-6-11-21(17)34-26(29)19-14-22(31-2)24(33-4)23(15-19)32-3/h5-15H,1-4H3. The van der Waals surface area contributed by atoms with E-state index in [-0.39, 0.29) is 22.9 Å². The lowest BCUT2D eigenvalue weighted by Gasteiger charge is -2.14. The summed E-state index contributed by atoms with van der Waals surface area (Å²) < 4.78 is 26.9. The van der Waals surface area contributed by atoms with Crippen LogP contribution in [0.4, 0.5) is 0 Å². The molecular formula is C27H23NO7. The van der Waals surface area contributed by atoms with Gasteiger partial charge in [-0.2, -0.15) is 0 Å². The maximum atomic E-state index is 13.0. The molecule has 0 atom stereocenters. The van der Waals surface area contributed by atoms with Gasteiger partial charge in [0.15, 0.2) is 17.2 Å². The van der Waals surface area contributed by atoms with Crippen LogP contribution in [0.3, 0.4) is 0 Å². The van der Waals surface area contributed by atoms with Gasteiger partial charge in [0.25, 0.3) is 0 Å².